The average molecular weight is 455 g/mol. The van der Waals surface area contributed by atoms with Gasteiger partial charge in [0.2, 0.25) is 6.79 Å². The number of urea groups is 1. The fraction of sp³-hybridized carbons (Fsp3) is 0.0833. The van der Waals surface area contributed by atoms with Gasteiger partial charge in [0.25, 0.3) is 0 Å². The van der Waals surface area contributed by atoms with Crippen molar-refractivity contribution in [3.8, 4) is 11.5 Å². The van der Waals surface area contributed by atoms with Crippen molar-refractivity contribution in [1.29, 1.82) is 0 Å². The van der Waals surface area contributed by atoms with Crippen LogP contribution in [0.3, 0.4) is 0 Å². The number of aryl methyl sites for hydroxylation is 1. The molecule has 170 valence electrons. The highest BCUT2D eigenvalue weighted by Crippen LogP contribution is 2.34. The Morgan fingerprint density at radius 2 is 1.41 bits per heavy atom. The number of rotatable bonds is 6. The first-order valence-corrected chi connectivity index (χ1v) is 10.5. The van der Waals surface area contributed by atoms with Crippen LogP contribution in [0.2, 0.25) is 0 Å². The van der Waals surface area contributed by atoms with Crippen molar-refractivity contribution in [3.63, 3.8) is 0 Å². The van der Waals surface area contributed by atoms with Gasteiger partial charge in [0.1, 0.15) is 23.8 Å². The van der Waals surface area contributed by atoms with E-state index in [9.17, 15) is 4.79 Å². The average Bonchev–Trinajstić information content (AvgIpc) is 3.29. The third-order valence-electron chi connectivity index (χ3n) is 4.88. The Morgan fingerprint density at radius 1 is 0.735 bits per heavy atom. The number of hydrogen-bond acceptors (Lipinski definition) is 8. The van der Waals surface area contributed by atoms with Crippen LogP contribution in [0, 0.1) is 6.92 Å². The minimum atomic E-state index is -0.365. The van der Waals surface area contributed by atoms with Crippen molar-refractivity contribution >= 4 is 40.5 Å². The lowest BCUT2D eigenvalue weighted by Crippen LogP contribution is -2.19. The van der Waals surface area contributed by atoms with Gasteiger partial charge in [-0.15, -0.1) is 0 Å². The topological polar surface area (TPSA) is 122 Å². The quantitative estimate of drug-likeness (QED) is 0.319. The molecule has 0 unspecified atom stereocenters. The summed E-state index contributed by atoms with van der Waals surface area (Å²) < 4.78 is 10.6. The summed E-state index contributed by atoms with van der Waals surface area (Å²) in [4.78, 5) is 25.1. The molecule has 1 aliphatic rings. The zero-order valence-corrected chi connectivity index (χ0v) is 18.2. The van der Waals surface area contributed by atoms with Gasteiger partial charge in [-0.25, -0.2) is 19.7 Å². The molecule has 10 heteroatoms. The molecule has 2 amide bonds. The summed E-state index contributed by atoms with van der Waals surface area (Å²) in [5.74, 6) is 3.21. The van der Waals surface area contributed by atoms with Crippen LogP contribution in [-0.4, -0.2) is 27.8 Å². The number of ether oxygens (including phenoxy) is 2. The molecule has 4 aromatic rings. The monoisotopic (exact) mass is 455 g/mol. The third kappa shape index (κ3) is 5.13. The standard InChI is InChI=1S/C24H21N7O3/c1-15-8-9-25-21(10-15)31-23-12-22(26-13-27-23)28-16-2-4-17(5-3-16)29-24(32)30-18-6-7-19-20(11-18)34-14-33-19/h2-13H,14H2,1H3,(H2,29,30,32)(H2,25,26,27,28,31). The molecule has 34 heavy (non-hydrogen) atoms. The molecule has 0 atom stereocenters. The second-order valence-electron chi connectivity index (χ2n) is 7.48. The molecule has 0 aliphatic carbocycles. The molecule has 10 nitrogen and oxygen atoms in total. The lowest BCUT2D eigenvalue weighted by atomic mass is 10.2. The van der Waals surface area contributed by atoms with Gasteiger partial charge in [-0.2, -0.15) is 0 Å². The normalized spacial score (nSPS) is 11.6. The molecular formula is C24H21N7O3. The number of benzene rings is 2. The fourth-order valence-corrected chi connectivity index (χ4v) is 3.28. The van der Waals surface area contributed by atoms with Gasteiger partial charge in [0, 0.05) is 35.4 Å². The van der Waals surface area contributed by atoms with Crippen molar-refractivity contribution in [2.45, 2.75) is 6.92 Å². The summed E-state index contributed by atoms with van der Waals surface area (Å²) in [6.45, 7) is 2.18. The van der Waals surface area contributed by atoms with Gasteiger partial charge in [-0.1, -0.05) is 0 Å². The molecule has 0 radical (unpaired) electrons. The Kier molecular flexibility index (Phi) is 5.76. The first-order chi connectivity index (χ1) is 16.6. The van der Waals surface area contributed by atoms with Gasteiger partial charge in [-0.3, -0.25) is 0 Å². The zero-order valence-electron chi connectivity index (χ0n) is 18.2. The second kappa shape index (κ2) is 9.33. The molecule has 0 saturated heterocycles. The predicted molar refractivity (Wildman–Crippen MR) is 129 cm³/mol. The highest BCUT2D eigenvalue weighted by atomic mass is 16.7. The fourth-order valence-electron chi connectivity index (χ4n) is 3.28. The van der Waals surface area contributed by atoms with Crippen LogP contribution < -0.4 is 30.7 Å². The number of carbonyl (C=O) groups is 1. The van der Waals surface area contributed by atoms with E-state index in [1.807, 2.05) is 31.2 Å². The number of nitrogens with zero attached hydrogens (tertiary/aromatic N) is 3. The predicted octanol–water partition coefficient (Wildman–Crippen LogP) is 5.04. The molecule has 2 aromatic heterocycles. The first kappa shape index (κ1) is 21.0. The Hall–Kier alpha value is -4.86. The van der Waals surface area contributed by atoms with Crippen molar-refractivity contribution in [1.82, 2.24) is 15.0 Å². The third-order valence-corrected chi connectivity index (χ3v) is 4.88. The van der Waals surface area contributed by atoms with E-state index in [1.54, 1.807) is 42.6 Å². The maximum absolute atomic E-state index is 12.3. The van der Waals surface area contributed by atoms with Crippen LogP contribution in [0.15, 0.2) is 73.2 Å². The first-order valence-electron chi connectivity index (χ1n) is 10.5. The van der Waals surface area contributed by atoms with E-state index in [2.05, 4.69) is 36.2 Å². The Labute approximate surface area is 195 Å². The lowest BCUT2D eigenvalue weighted by molar-refractivity contribution is 0.174. The second-order valence-corrected chi connectivity index (χ2v) is 7.48. The number of aromatic nitrogens is 3. The summed E-state index contributed by atoms with van der Waals surface area (Å²) in [6.07, 6.45) is 3.21. The van der Waals surface area contributed by atoms with Crippen molar-refractivity contribution in [2.75, 3.05) is 28.1 Å². The maximum atomic E-state index is 12.3. The Balaban J connectivity index is 1.18. The van der Waals surface area contributed by atoms with Crippen LogP contribution in [0.25, 0.3) is 0 Å². The molecule has 5 rings (SSSR count). The van der Waals surface area contributed by atoms with E-state index in [1.165, 1.54) is 6.33 Å². The van der Waals surface area contributed by atoms with Crippen LogP contribution in [0.4, 0.5) is 39.3 Å². The molecule has 0 spiro atoms. The molecule has 3 heterocycles. The molecule has 0 fully saturated rings. The highest BCUT2D eigenvalue weighted by molar-refractivity contribution is 6.00. The minimum absolute atomic E-state index is 0.183. The zero-order chi connectivity index (χ0) is 23.3. The summed E-state index contributed by atoms with van der Waals surface area (Å²) in [5, 5.41) is 12.0. The van der Waals surface area contributed by atoms with Crippen LogP contribution in [-0.2, 0) is 0 Å². The SMILES string of the molecule is Cc1ccnc(Nc2cc(Nc3ccc(NC(=O)Nc4ccc5c(c4)OCO5)cc3)ncn2)c1. The van der Waals surface area contributed by atoms with Gasteiger partial charge in [0.05, 0.1) is 0 Å². The highest BCUT2D eigenvalue weighted by Gasteiger charge is 2.14. The lowest BCUT2D eigenvalue weighted by Gasteiger charge is -2.10. The molecule has 2 aromatic carbocycles. The molecule has 1 aliphatic heterocycles. The minimum Gasteiger partial charge on any atom is -0.454 e. The molecule has 0 bridgehead atoms. The molecule has 4 N–H and O–H groups in total. The van der Waals surface area contributed by atoms with Gasteiger partial charge < -0.3 is 30.7 Å². The maximum Gasteiger partial charge on any atom is 0.323 e. The summed E-state index contributed by atoms with van der Waals surface area (Å²) in [5.41, 5.74) is 3.15. The number of nitrogens with one attached hydrogen (secondary N) is 4. The van der Waals surface area contributed by atoms with Crippen molar-refractivity contribution < 1.29 is 14.3 Å². The van der Waals surface area contributed by atoms with Crippen LogP contribution in [0.1, 0.15) is 5.56 Å². The largest absolute Gasteiger partial charge is 0.454 e. The Morgan fingerprint density at radius 3 is 2.24 bits per heavy atom. The molecule has 0 saturated carbocycles. The van der Waals surface area contributed by atoms with Gasteiger partial charge >= 0.3 is 6.03 Å². The van der Waals surface area contributed by atoms with E-state index < -0.39 is 0 Å². The van der Waals surface area contributed by atoms with Gasteiger partial charge in [-0.05, 0) is 61.0 Å². The number of pyridine rings is 1. The van der Waals surface area contributed by atoms with E-state index in [0.717, 1.165) is 11.3 Å². The smallest absolute Gasteiger partial charge is 0.323 e. The van der Waals surface area contributed by atoms with E-state index >= 15 is 0 Å². The van der Waals surface area contributed by atoms with Crippen molar-refractivity contribution in [3.05, 3.63) is 78.8 Å². The van der Waals surface area contributed by atoms with Gasteiger partial charge in [0.15, 0.2) is 11.5 Å². The number of amides is 2. The Bertz CT molecular complexity index is 1330. The molecular weight excluding hydrogens is 434 g/mol. The van der Waals surface area contributed by atoms with Crippen LogP contribution >= 0.6 is 0 Å². The summed E-state index contributed by atoms with van der Waals surface area (Å²) >= 11 is 0. The van der Waals surface area contributed by atoms with E-state index in [-0.39, 0.29) is 12.8 Å². The summed E-state index contributed by atoms with van der Waals surface area (Å²) in [6, 6.07) is 17.8. The van der Waals surface area contributed by atoms with Crippen LogP contribution in [0.5, 0.6) is 11.5 Å². The number of fused-ring (bicyclic) bond motifs is 1. The van der Waals surface area contributed by atoms with E-state index in [4.69, 9.17) is 9.47 Å². The number of hydrogen-bond donors (Lipinski definition) is 4. The number of carbonyl (C=O) groups excluding carboxylic acids is 1. The number of anilines is 6. The van der Waals surface area contributed by atoms with Crippen molar-refractivity contribution in [2.24, 2.45) is 0 Å². The summed E-state index contributed by atoms with van der Waals surface area (Å²) in [7, 11) is 0. The van der Waals surface area contributed by atoms with E-state index in [0.29, 0.717) is 40.3 Å².